The fourth-order valence-corrected chi connectivity index (χ4v) is 2.97. The Hall–Kier alpha value is -1.40. The molecule has 0 aliphatic rings. The van der Waals surface area contributed by atoms with Gasteiger partial charge in [-0.25, -0.2) is 13.1 Å². The van der Waals surface area contributed by atoms with Crippen molar-refractivity contribution in [3.8, 4) is 0 Å². The molecule has 1 aromatic rings. The number of carbonyl (C=O) groups excluding carboxylic acids is 1. The van der Waals surface area contributed by atoms with Gasteiger partial charge >= 0.3 is 0 Å². The topological polar surface area (TPSA) is 72.5 Å². The van der Waals surface area contributed by atoms with Crippen LogP contribution in [0.15, 0.2) is 23.1 Å². The minimum atomic E-state index is -3.79. The molecule has 0 saturated carbocycles. The zero-order chi connectivity index (χ0) is 14.5. The largest absolute Gasteiger partial charge is 0.385 e. The summed E-state index contributed by atoms with van der Waals surface area (Å²) in [6, 6.07) is 5.11. The summed E-state index contributed by atoms with van der Waals surface area (Å²) in [5, 5.41) is 0. The van der Waals surface area contributed by atoms with E-state index in [2.05, 4.69) is 4.72 Å². The van der Waals surface area contributed by atoms with Crippen LogP contribution in [-0.2, 0) is 19.6 Å². The van der Waals surface area contributed by atoms with Crippen molar-refractivity contribution in [2.45, 2.75) is 31.6 Å². The average molecular weight is 285 g/mol. The van der Waals surface area contributed by atoms with Gasteiger partial charge < -0.3 is 4.74 Å². The number of nitrogens with one attached hydrogen (secondary N) is 1. The van der Waals surface area contributed by atoms with Crippen LogP contribution in [0.25, 0.3) is 0 Å². The van der Waals surface area contributed by atoms with Gasteiger partial charge in [-0.15, -0.1) is 0 Å². The van der Waals surface area contributed by atoms with Crippen molar-refractivity contribution in [2.24, 2.45) is 0 Å². The molecule has 0 radical (unpaired) electrons. The maximum absolute atomic E-state index is 12.1. The standard InChI is InChI=1S/C13H19NO4S/c1-10-6-7-11(2)12(9-10)19(16,17)14-13(15)5-4-8-18-3/h6-7,9H,4-5,8H2,1-3H3,(H,14,15). The van der Waals surface area contributed by atoms with E-state index in [1.807, 2.05) is 6.07 Å². The first-order valence-corrected chi connectivity index (χ1v) is 7.47. The molecule has 106 valence electrons. The Morgan fingerprint density at radius 1 is 1.32 bits per heavy atom. The van der Waals surface area contributed by atoms with Gasteiger partial charge in [0.2, 0.25) is 5.91 Å². The summed E-state index contributed by atoms with van der Waals surface area (Å²) in [5.74, 6) is -0.516. The van der Waals surface area contributed by atoms with Crippen molar-refractivity contribution < 1.29 is 17.9 Å². The molecular formula is C13H19NO4S. The highest BCUT2D eigenvalue weighted by molar-refractivity contribution is 7.90. The van der Waals surface area contributed by atoms with Crippen molar-refractivity contribution >= 4 is 15.9 Å². The molecule has 1 N–H and O–H groups in total. The fraction of sp³-hybridized carbons (Fsp3) is 0.462. The lowest BCUT2D eigenvalue weighted by molar-refractivity contribution is -0.119. The van der Waals surface area contributed by atoms with E-state index >= 15 is 0 Å². The molecule has 0 bridgehead atoms. The molecular weight excluding hydrogens is 266 g/mol. The Morgan fingerprint density at radius 2 is 2.00 bits per heavy atom. The van der Waals surface area contributed by atoms with Crippen molar-refractivity contribution in [2.75, 3.05) is 13.7 Å². The third-order valence-electron chi connectivity index (χ3n) is 2.63. The second kappa shape index (κ2) is 6.68. The van der Waals surface area contributed by atoms with Gasteiger partial charge in [-0.2, -0.15) is 0 Å². The second-order valence-electron chi connectivity index (χ2n) is 4.39. The van der Waals surface area contributed by atoms with Crippen molar-refractivity contribution in [3.63, 3.8) is 0 Å². The molecule has 0 aromatic heterocycles. The number of carbonyl (C=O) groups is 1. The molecule has 0 heterocycles. The minimum Gasteiger partial charge on any atom is -0.385 e. The van der Waals surface area contributed by atoms with Gasteiger partial charge in [-0.1, -0.05) is 12.1 Å². The summed E-state index contributed by atoms with van der Waals surface area (Å²) in [6.07, 6.45) is 0.614. The number of ether oxygens (including phenoxy) is 1. The molecule has 1 aromatic carbocycles. The van der Waals surface area contributed by atoms with Crippen LogP contribution in [0.2, 0.25) is 0 Å². The normalized spacial score (nSPS) is 11.3. The van der Waals surface area contributed by atoms with Crippen LogP contribution in [-0.4, -0.2) is 28.0 Å². The molecule has 0 unspecified atom stereocenters. The Balaban J connectivity index is 2.81. The number of methoxy groups -OCH3 is 1. The van der Waals surface area contributed by atoms with E-state index in [1.165, 1.54) is 7.11 Å². The number of benzene rings is 1. The Bertz CT molecular complexity index is 552. The molecule has 5 nitrogen and oxygen atoms in total. The first kappa shape index (κ1) is 15.7. The predicted octanol–water partition coefficient (Wildman–Crippen LogP) is 1.53. The van der Waals surface area contributed by atoms with Gasteiger partial charge in [0.25, 0.3) is 10.0 Å². The third-order valence-corrected chi connectivity index (χ3v) is 4.15. The van der Waals surface area contributed by atoms with E-state index in [0.717, 1.165) is 5.56 Å². The lowest BCUT2D eigenvalue weighted by Crippen LogP contribution is -2.31. The van der Waals surface area contributed by atoms with E-state index in [-0.39, 0.29) is 11.3 Å². The molecule has 1 amide bonds. The first-order chi connectivity index (χ1) is 8.86. The zero-order valence-electron chi connectivity index (χ0n) is 11.4. The van der Waals surface area contributed by atoms with Crippen LogP contribution in [0.3, 0.4) is 0 Å². The molecule has 0 aliphatic heterocycles. The summed E-state index contributed by atoms with van der Waals surface area (Å²) in [6.45, 7) is 3.93. The number of rotatable bonds is 6. The molecule has 0 aliphatic carbocycles. The van der Waals surface area contributed by atoms with Gasteiger partial charge in [0.15, 0.2) is 0 Å². The van der Waals surface area contributed by atoms with Gasteiger partial charge in [0.1, 0.15) is 0 Å². The van der Waals surface area contributed by atoms with Crippen LogP contribution in [0, 0.1) is 13.8 Å². The van der Waals surface area contributed by atoms with Gasteiger partial charge in [0, 0.05) is 20.1 Å². The lowest BCUT2D eigenvalue weighted by Gasteiger charge is -2.10. The fourth-order valence-electron chi connectivity index (χ4n) is 1.63. The summed E-state index contributed by atoms with van der Waals surface area (Å²) in [4.78, 5) is 11.7. The lowest BCUT2D eigenvalue weighted by atomic mass is 10.2. The number of amides is 1. The highest BCUT2D eigenvalue weighted by atomic mass is 32.2. The van der Waals surface area contributed by atoms with Gasteiger partial charge in [-0.05, 0) is 37.5 Å². The summed E-state index contributed by atoms with van der Waals surface area (Å²) in [5.41, 5.74) is 1.44. The maximum atomic E-state index is 12.1. The number of hydrogen-bond donors (Lipinski definition) is 1. The zero-order valence-corrected chi connectivity index (χ0v) is 12.2. The monoisotopic (exact) mass is 285 g/mol. The van der Waals surface area contributed by atoms with E-state index < -0.39 is 15.9 Å². The van der Waals surface area contributed by atoms with Crippen molar-refractivity contribution in [1.82, 2.24) is 4.72 Å². The van der Waals surface area contributed by atoms with Crippen LogP contribution in [0.1, 0.15) is 24.0 Å². The smallest absolute Gasteiger partial charge is 0.264 e. The average Bonchev–Trinajstić information content (AvgIpc) is 2.32. The van der Waals surface area contributed by atoms with Crippen LogP contribution in [0.5, 0.6) is 0 Å². The molecule has 0 fully saturated rings. The summed E-state index contributed by atoms with van der Waals surface area (Å²) < 4.78 is 31.1. The molecule has 0 saturated heterocycles. The highest BCUT2D eigenvalue weighted by Gasteiger charge is 2.19. The molecule has 0 spiro atoms. The van der Waals surface area contributed by atoms with Crippen LogP contribution < -0.4 is 4.72 Å². The van der Waals surface area contributed by atoms with Crippen molar-refractivity contribution in [3.05, 3.63) is 29.3 Å². The quantitative estimate of drug-likeness (QED) is 0.805. The van der Waals surface area contributed by atoms with E-state index in [9.17, 15) is 13.2 Å². The van der Waals surface area contributed by atoms with Crippen LogP contribution >= 0.6 is 0 Å². The molecule has 0 atom stereocenters. The maximum Gasteiger partial charge on any atom is 0.264 e. The van der Waals surface area contributed by atoms with E-state index in [1.54, 1.807) is 26.0 Å². The summed E-state index contributed by atoms with van der Waals surface area (Å²) >= 11 is 0. The van der Waals surface area contributed by atoms with Crippen LogP contribution in [0.4, 0.5) is 0 Å². The van der Waals surface area contributed by atoms with E-state index in [0.29, 0.717) is 18.6 Å². The third kappa shape index (κ3) is 4.65. The van der Waals surface area contributed by atoms with Gasteiger partial charge in [-0.3, -0.25) is 4.79 Å². The first-order valence-electron chi connectivity index (χ1n) is 5.98. The SMILES string of the molecule is COCCCC(=O)NS(=O)(=O)c1cc(C)ccc1C. The van der Waals surface area contributed by atoms with Gasteiger partial charge in [0.05, 0.1) is 4.90 Å². The molecule has 6 heteroatoms. The number of aryl methyl sites for hydroxylation is 2. The second-order valence-corrected chi connectivity index (χ2v) is 6.04. The highest BCUT2D eigenvalue weighted by Crippen LogP contribution is 2.16. The van der Waals surface area contributed by atoms with E-state index in [4.69, 9.17) is 4.74 Å². The molecule has 1 rings (SSSR count). The number of sulfonamides is 1. The Morgan fingerprint density at radius 3 is 2.63 bits per heavy atom. The Labute approximate surface area is 114 Å². The predicted molar refractivity (Wildman–Crippen MR) is 72.4 cm³/mol. The molecule has 19 heavy (non-hydrogen) atoms. The minimum absolute atomic E-state index is 0.123. The van der Waals surface area contributed by atoms with Crippen molar-refractivity contribution in [1.29, 1.82) is 0 Å². The summed E-state index contributed by atoms with van der Waals surface area (Å²) in [7, 11) is -2.26. The Kier molecular flexibility index (Phi) is 5.50. The number of hydrogen-bond acceptors (Lipinski definition) is 4.